The van der Waals surface area contributed by atoms with Crippen molar-refractivity contribution in [2.24, 2.45) is 0 Å². The SMILES string of the molecule is CCCCOC(=O)C(NC(=O)N(C)C)c1ccccc1. The highest BCUT2D eigenvalue weighted by Crippen LogP contribution is 2.15. The Kier molecular flexibility index (Phi) is 6.56. The molecule has 1 atom stereocenters. The molecule has 1 N–H and O–H groups in total. The summed E-state index contributed by atoms with van der Waals surface area (Å²) in [7, 11) is 3.25. The van der Waals surface area contributed by atoms with E-state index in [1.165, 1.54) is 4.90 Å². The zero-order valence-corrected chi connectivity index (χ0v) is 12.3. The van der Waals surface area contributed by atoms with Gasteiger partial charge in [-0.05, 0) is 12.0 Å². The molecular formula is C15H22N2O3. The summed E-state index contributed by atoms with van der Waals surface area (Å²) in [5.74, 6) is -0.431. The van der Waals surface area contributed by atoms with E-state index in [9.17, 15) is 9.59 Å². The molecule has 0 saturated carbocycles. The van der Waals surface area contributed by atoms with Gasteiger partial charge in [0.05, 0.1) is 6.61 Å². The minimum atomic E-state index is -0.775. The van der Waals surface area contributed by atoms with Crippen molar-refractivity contribution < 1.29 is 14.3 Å². The summed E-state index contributed by atoms with van der Waals surface area (Å²) in [5, 5.41) is 2.67. The molecule has 0 bridgehead atoms. The molecule has 0 aliphatic rings. The number of hydrogen-bond donors (Lipinski definition) is 1. The minimum Gasteiger partial charge on any atom is -0.464 e. The predicted octanol–water partition coefficient (Wildman–Crippen LogP) is 2.34. The van der Waals surface area contributed by atoms with Gasteiger partial charge in [-0.2, -0.15) is 0 Å². The number of amides is 2. The maximum absolute atomic E-state index is 12.1. The van der Waals surface area contributed by atoms with E-state index in [4.69, 9.17) is 4.74 Å². The Balaban J connectivity index is 2.79. The molecule has 0 heterocycles. The van der Waals surface area contributed by atoms with Gasteiger partial charge in [0, 0.05) is 14.1 Å². The number of esters is 1. The number of benzene rings is 1. The zero-order chi connectivity index (χ0) is 15.0. The van der Waals surface area contributed by atoms with Gasteiger partial charge < -0.3 is 15.0 Å². The largest absolute Gasteiger partial charge is 0.464 e. The Morgan fingerprint density at radius 2 is 1.90 bits per heavy atom. The molecule has 1 unspecified atom stereocenters. The maximum atomic E-state index is 12.1. The van der Waals surface area contributed by atoms with Crippen LogP contribution in [0.5, 0.6) is 0 Å². The third-order valence-corrected chi connectivity index (χ3v) is 2.78. The minimum absolute atomic E-state index is 0.328. The van der Waals surface area contributed by atoms with E-state index in [1.54, 1.807) is 26.2 Å². The van der Waals surface area contributed by atoms with Crippen molar-refractivity contribution in [1.29, 1.82) is 0 Å². The number of nitrogens with one attached hydrogen (secondary N) is 1. The molecule has 0 spiro atoms. The van der Waals surface area contributed by atoms with E-state index in [2.05, 4.69) is 5.32 Å². The zero-order valence-electron chi connectivity index (χ0n) is 12.3. The van der Waals surface area contributed by atoms with Crippen molar-refractivity contribution in [2.45, 2.75) is 25.8 Å². The van der Waals surface area contributed by atoms with Gasteiger partial charge in [0.15, 0.2) is 6.04 Å². The Labute approximate surface area is 119 Å². The molecule has 2 amide bonds. The van der Waals surface area contributed by atoms with E-state index < -0.39 is 12.0 Å². The van der Waals surface area contributed by atoms with Crippen molar-refractivity contribution >= 4 is 12.0 Å². The molecule has 5 nitrogen and oxygen atoms in total. The average molecular weight is 278 g/mol. The lowest BCUT2D eigenvalue weighted by atomic mass is 10.1. The fourth-order valence-corrected chi connectivity index (χ4v) is 1.58. The molecule has 0 saturated heterocycles. The first kappa shape index (κ1) is 16.0. The first-order chi connectivity index (χ1) is 9.56. The van der Waals surface area contributed by atoms with Crippen molar-refractivity contribution in [3.8, 4) is 0 Å². The second kappa shape index (κ2) is 8.19. The van der Waals surface area contributed by atoms with E-state index in [0.717, 1.165) is 12.8 Å². The van der Waals surface area contributed by atoms with Crippen LogP contribution in [-0.2, 0) is 9.53 Å². The van der Waals surface area contributed by atoms with Crippen LogP contribution in [0.3, 0.4) is 0 Å². The number of nitrogens with zero attached hydrogens (tertiary/aromatic N) is 1. The van der Waals surface area contributed by atoms with Crippen LogP contribution in [0.25, 0.3) is 0 Å². The van der Waals surface area contributed by atoms with Crippen LogP contribution >= 0.6 is 0 Å². The Morgan fingerprint density at radius 1 is 1.25 bits per heavy atom. The van der Waals surface area contributed by atoms with Gasteiger partial charge in [-0.25, -0.2) is 9.59 Å². The molecule has 20 heavy (non-hydrogen) atoms. The standard InChI is InChI=1S/C15H22N2O3/c1-4-5-11-20-14(18)13(16-15(19)17(2)3)12-9-7-6-8-10-12/h6-10,13H,4-5,11H2,1-3H3,(H,16,19). The first-order valence-electron chi connectivity index (χ1n) is 6.75. The van der Waals surface area contributed by atoms with Crippen LogP contribution in [0.4, 0.5) is 4.79 Å². The van der Waals surface area contributed by atoms with Gasteiger partial charge in [-0.3, -0.25) is 0 Å². The van der Waals surface area contributed by atoms with Crippen LogP contribution in [0.2, 0.25) is 0 Å². The monoisotopic (exact) mass is 278 g/mol. The number of urea groups is 1. The van der Waals surface area contributed by atoms with Crippen LogP contribution in [-0.4, -0.2) is 37.6 Å². The van der Waals surface area contributed by atoms with Gasteiger partial charge in [0.2, 0.25) is 0 Å². The average Bonchev–Trinajstić information content (AvgIpc) is 2.45. The van der Waals surface area contributed by atoms with Crippen LogP contribution < -0.4 is 5.32 Å². The summed E-state index contributed by atoms with van der Waals surface area (Å²) < 4.78 is 5.21. The van der Waals surface area contributed by atoms with E-state index in [0.29, 0.717) is 12.2 Å². The van der Waals surface area contributed by atoms with Gasteiger partial charge in [0.1, 0.15) is 0 Å². The first-order valence-corrected chi connectivity index (χ1v) is 6.75. The molecule has 0 aromatic heterocycles. The van der Waals surface area contributed by atoms with E-state index in [1.807, 2.05) is 25.1 Å². The lowest BCUT2D eigenvalue weighted by Crippen LogP contribution is -2.40. The van der Waals surface area contributed by atoms with Gasteiger partial charge in [0.25, 0.3) is 0 Å². The predicted molar refractivity (Wildman–Crippen MR) is 77.3 cm³/mol. The summed E-state index contributed by atoms with van der Waals surface area (Å²) in [6, 6.07) is 7.99. The molecule has 5 heteroatoms. The molecule has 1 rings (SSSR count). The number of unbranched alkanes of at least 4 members (excludes halogenated alkanes) is 1. The molecular weight excluding hydrogens is 256 g/mol. The molecule has 0 fully saturated rings. The van der Waals surface area contributed by atoms with E-state index in [-0.39, 0.29) is 6.03 Å². The van der Waals surface area contributed by atoms with Crippen molar-refractivity contribution in [1.82, 2.24) is 10.2 Å². The Bertz CT molecular complexity index is 432. The van der Waals surface area contributed by atoms with Crippen LogP contribution in [0.15, 0.2) is 30.3 Å². The highest BCUT2D eigenvalue weighted by atomic mass is 16.5. The van der Waals surface area contributed by atoms with Crippen LogP contribution in [0, 0.1) is 0 Å². The summed E-state index contributed by atoms with van der Waals surface area (Å²) in [6.45, 7) is 2.40. The third-order valence-electron chi connectivity index (χ3n) is 2.78. The summed E-state index contributed by atoms with van der Waals surface area (Å²) >= 11 is 0. The van der Waals surface area contributed by atoms with Gasteiger partial charge in [-0.1, -0.05) is 43.7 Å². The normalized spacial score (nSPS) is 11.6. The van der Waals surface area contributed by atoms with Gasteiger partial charge >= 0.3 is 12.0 Å². The summed E-state index contributed by atoms with van der Waals surface area (Å²) in [4.78, 5) is 25.3. The molecule has 110 valence electrons. The van der Waals surface area contributed by atoms with Crippen molar-refractivity contribution in [3.63, 3.8) is 0 Å². The number of rotatable bonds is 6. The second-order valence-corrected chi connectivity index (χ2v) is 4.71. The fraction of sp³-hybridized carbons (Fsp3) is 0.467. The topological polar surface area (TPSA) is 58.6 Å². The molecule has 1 aromatic carbocycles. The molecule has 1 aromatic rings. The highest BCUT2D eigenvalue weighted by Gasteiger charge is 2.24. The lowest BCUT2D eigenvalue weighted by Gasteiger charge is -2.20. The fourth-order valence-electron chi connectivity index (χ4n) is 1.58. The number of carbonyl (C=O) groups excluding carboxylic acids is 2. The van der Waals surface area contributed by atoms with Crippen molar-refractivity contribution in [2.75, 3.05) is 20.7 Å². The highest BCUT2D eigenvalue weighted by molar-refractivity contribution is 5.84. The Morgan fingerprint density at radius 3 is 2.45 bits per heavy atom. The lowest BCUT2D eigenvalue weighted by molar-refractivity contribution is -0.146. The van der Waals surface area contributed by atoms with Crippen molar-refractivity contribution in [3.05, 3.63) is 35.9 Å². The molecule has 0 aliphatic carbocycles. The second-order valence-electron chi connectivity index (χ2n) is 4.71. The Hall–Kier alpha value is -2.04. The number of ether oxygens (including phenoxy) is 1. The molecule has 0 radical (unpaired) electrons. The number of carbonyl (C=O) groups is 2. The van der Waals surface area contributed by atoms with E-state index >= 15 is 0 Å². The molecule has 0 aliphatic heterocycles. The smallest absolute Gasteiger partial charge is 0.333 e. The van der Waals surface area contributed by atoms with Crippen LogP contribution in [0.1, 0.15) is 31.4 Å². The third kappa shape index (κ3) is 4.91. The maximum Gasteiger partial charge on any atom is 0.333 e. The number of hydrogen-bond acceptors (Lipinski definition) is 3. The van der Waals surface area contributed by atoms with Gasteiger partial charge in [-0.15, -0.1) is 0 Å². The summed E-state index contributed by atoms with van der Waals surface area (Å²) in [6.07, 6.45) is 1.77. The summed E-state index contributed by atoms with van der Waals surface area (Å²) in [5.41, 5.74) is 0.712. The quantitative estimate of drug-likeness (QED) is 0.642.